The Kier molecular flexibility index (Phi) is 9.31. The van der Waals surface area contributed by atoms with Crippen LogP contribution in [0.25, 0.3) is 0 Å². The molecule has 0 bridgehead atoms. The van der Waals surface area contributed by atoms with Crippen LogP contribution in [0.1, 0.15) is 50.3 Å². The summed E-state index contributed by atoms with van der Waals surface area (Å²) in [5.41, 5.74) is 3.36. The summed E-state index contributed by atoms with van der Waals surface area (Å²) < 4.78 is 16.7. The Morgan fingerprint density at radius 3 is 2.43 bits per heavy atom. The molecule has 2 aromatic rings. The van der Waals surface area contributed by atoms with Gasteiger partial charge in [-0.25, -0.2) is 9.79 Å². The second kappa shape index (κ2) is 13.3. The number of hydrogen-bond donors (Lipinski definition) is 0. The predicted octanol–water partition coefficient (Wildman–Crippen LogP) is 5.21. The summed E-state index contributed by atoms with van der Waals surface area (Å²) in [5, 5.41) is 2.61. The molecule has 3 aliphatic heterocycles. The fraction of sp³-hybridized carbons (Fsp3) is 0.375. The van der Waals surface area contributed by atoms with E-state index in [9.17, 15) is 14.4 Å². The van der Waals surface area contributed by atoms with Crippen LogP contribution in [0.3, 0.4) is 0 Å². The number of fused-ring (bicyclic) bond motifs is 1. The molecule has 2 aromatic carbocycles. The second-order valence-electron chi connectivity index (χ2n) is 10.3. The number of carbonyl (C=O) groups excluding carboxylic acids is 3. The smallest absolute Gasteiger partial charge is 0.338 e. The van der Waals surface area contributed by atoms with Crippen LogP contribution >= 0.6 is 11.8 Å². The lowest BCUT2D eigenvalue weighted by Gasteiger charge is -2.37. The number of ether oxygens (including phenoxy) is 3. The number of benzene rings is 2. The molecule has 0 unspecified atom stereocenters. The van der Waals surface area contributed by atoms with Crippen molar-refractivity contribution < 1.29 is 28.6 Å². The van der Waals surface area contributed by atoms with Crippen molar-refractivity contribution in [1.82, 2.24) is 9.80 Å². The van der Waals surface area contributed by atoms with Gasteiger partial charge in [-0.3, -0.25) is 9.59 Å². The summed E-state index contributed by atoms with van der Waals surface area (Å²) in [5.74, 6) is -0.262. The van der Waals surface area contributed by atoms with Gasteiger partial charge in [0.2, 0.25) is 5.91 Å². The number of thioether (sulfide) groups is 1. The Labute approximate surface area is 250 Å². The minimum absolute atomic E-state index is 0.0383. The number of likely N-dealkylation sites (tertiary alicyclic amines) is 1. The van der Waals surface area contributed by atoms with Crippen molar-refractivity contribution in [3.8, 4) is 5.75 Å². The van der Waals surface area contributed by atoms with Crippen LogP contribution < -0.4 is 4.74 Å². The van der Waals surface area contributed by atoms with E-state index in [1.807, 2.05) is 71.8 Å². The van der Waals surface area contributed by atoms with Crippen LogP contribution in [-0.4, -0.2) is 59.6 Å². The van der Waals surface area contributed by atoms with Gasteiger partial charge in [0.25, 0.3) is 0 Å². The highest BCUT2D eigenvalue weighted by Crippen LogP contribution is 2.47. The van der Waals surface area contributed by atoms with Crippen LogP contribution in [0.4, 0.5) is 0 Å². The van der Waals surface area contributed by atoms with E-state index < -0.39 is 12.0 Å². The quantitative estimate of drug-likeness (QED) is 0.368. The van der Waals surface area contributed by atoms with E-state index in [0.29, 0.717) is 54.7 Å². The van der Waals surface area contributed by atoms with Gasteiger partial charge >= 0.3 is 11.9 Å². The van der Waals surface area contributed by atoms with Gasteiger partial charge in [-0.15, -0.1) is 0 Å². The Balaban J connectivity index is 1.39. The number of aliphatic imine (C=N–C) groups is 1. The maximum atomic E-state index is 13.7. The van der Waals surface area contributed by atoms with Crippen molar-refractivity contribution in [3.05, 3.63) is 88.1 Å². The number of piperidine rings is 1. The summed E-state index contributed by atoms with van der Waals surface area (Å²) in [6, 6.07) is 16.5. The van der Waals surface area contributed by atoms with Gasteiger partial charge in [0.05, 0.1) is 43.4 Å². The van der Waals surface area contributed by atoms with Crippen LogP contribution in [0.5, 0.6) is 5.75 Å². The molecule has 0 spiro atoms. The van der Waals surface area contributed by atoms with Crippen molar-refractivity contribution in [2.75, 3.05) is 26.8 Å². The molecule has 1 saturated heterocycles. The molecule has 1 atom stereocenters. The number of esters is 2. The van der Waals surface area contributed by atoms with Crippen LogP contribution in [-0.2, 0) is 30.5 Å². The number of nitrogens with zero attached hydrogens (tertiary/aromatic N) is 3. The van der Waals surface area contributed by atoms with Gasteiger partial charge in [-0.2, -0.15) is 0 Å². The molecule has 0 aromatic heterocycles. The predicted molar refractivity (Wildman–Crippen MR) is 160 cm³/mol. The molecule has 9 nitrogen and oxygen atoms in total. The Morgan fingerprint density at radius 1 is 1.00 bits per heavy atom. The minimum atomic E-state index is -0.597. The fourth-order valence-electron chi connectivity index (χ4n) is 5.51. The van der Waals surface area contributed by atoms with Crippen molar-refractivity contribution in [1.29, 1.82) is 0 Å². The average Bonchev–Trinajstić information content (AvgIpc) is 3.41. The molecule has 42 heavy (non-hydrogen) atoms. The molecular weight excluding hydrogens is 554 g/mol. The third kappa shape index (κ3) is 6.23. The molecule has 0 N–H and O–H groups in total. The highest BCUT2D eigenvalue weighted by atomic mass is 32.2. The van der Waals surface area contributed by atoms with Gasteiger partial charge in [0.1, 0.15) is 12.4 Å². The van der Waals surface area contributed by atoms with Crippen molar-refractivity contribution in [3.63, 3.8) is 0 Å². The first-order valence-corrected chi connectivity index (χ1v) is 15.0. The largest absolute Gasteiger partial charge is 0.496 e. The molecule has 0 aliphatic carbocycles. The molecule has 1 amide bonds. The Morgan fingerprint density at radius 2 is 1.71 bits per heavy atom. The number of allylic oxidation sites excluding steroid dienone is 1. The summed E-state index contributed by atoms with van der Waals surface area (Å²) >= 11 is 1.43. The third-order valence-electron chi connectivity index (χ3n) is 7.67. The molecule has 5 rings (SSSR count). The minimum Gasteiger partial charge on any atom is -0.496 e. The van der Waals surface area contributed by atoms with Gasteiger partial charge in [0, 0.05) is 24.4 Å². The monoisotopic (exact) mass is 589 g/mol. The zero-order valence-corrected chi connectivity index (χ0v) is 24.9. The van der Waals surface area contributed by atoms with Gasteiger partial charge in [0.15, 0.2) is 5.17 Å². The number of hydrogen-bond acceptors (Lipinski definition) is 9. The maximum absolute atomic E-state index is 13.7. The van der Waals surface area contributed by atoms with E-state index in [-0.39, 0.29) is 30.8 Å². The molecule has 3 heterocycles. The molecule has 3 aliphatic rings. The summed E-state index contributed by atoms with van der Waals surface area (Å²) in [6.07, 6.45) is 1.29. The lowest BCUT2D eigenvalue weighted by molar-refractivity contribution is -0.151. The van der Waals surface area contributed by atoms with Crippen molar-refractivity contribution in [2.45, 2.75) is 45.8 Å². The Hall–Kier alpha value is -4.05. The van der Waals surface area contributed by atoms with Gasteiger partial charge in [-0.05, 0) is 43.7 Å². The maximum Gasteiger partial charge on any atom is 0.338 e. The molecule has 10 heteroatoms. The highest BCUT2D eigenvalue weighted by Gasteiger charge is 2.42. The van der Waals surface area contributed by atoms with E-state index >= 15 is 0 Å². The normalized spacial score (nSPS) is 18.7. The van der Waals surface area contributed by atoms with E-state index in [2.05, 4.69) is 0 Å². The summed E-state index contributed by atoms with van der Waals surface area (Å²) in [6.45, 7) is 5.08. The van der Waals surface area contributed by atoms with Crippen LogP contribution in [0, 0.1) is 5.92 Å². The molecule has 0 saturated carbocycles. The fourth-order valence-corrected chi connectivity index (χ4v) is 6.47. The third-order valence-corrected chi connectivity index (χ3v) is 8.56. The number of amidine groups is 1. The summed E-state index contributed by atoms with van der Waals surface area (Å²) in [7, 11) is 1.60. The highest BCUT2D eigenvalue weighted by molar-refractivity contribution is 8.16. The van der Waals surface area contributed by atoms with E-state index in [1.165, 1.54) is 11.8 Å². The lowest BCUT2D eigenvalue weighted by atomic mass is 9.93. The van der Waals surface area contributed by atoms with Crippen LogP contribution in [0.2, 0.25) is 0 Å². The number of methoxy groups -OCH3 is 1. The lowest BCUT2D eigenvalue weighted by Crippen LogP contribution is -2.42. The Bertz CT molecular complexity index is 1430. The van der Waals surface area contributed by atoms with Crippen molar-refractivity contribution in [2.24, 2.45) is 10.9 Å². The molecule has 1 fully saturated rings. The standard InChI is InChI=1S/C32H35N3O6S/c1-4-40-30(37)23-14-16-34(17-15-23)27(36)18-24-20-42-32-33-21(2)28(31(38)41-19-22-10-6-5-7-11-22)29(35(24)32)25-12-8-9-13-26(25)39-3/h5-13,20,23,29H,4,14-19H2,1-3H3/t29-/m0/s1. The summed E-state index contributed by atoms with van der Waals surface area (Å²) in [4.78, 5) is 47.9. The number of amides is 1. The van der Waals surface area contributed by atoms with E-state index in [0.717, 1.165) is 16.8 Å². The second-order valence-corrected chi connectivity index (χ2v) is 11.1. The first kappa shape index (κ1) is 29.4. The van der Waals surface area contributed by atoms with E-state index in [1.54, 1.807) is 18.9 Å². The SMILES string of the molecule is CCOC(=O)C1CCN(C(=O)CC2=CSC3=NC(C)=C(C(=O)OCc4ccccc4)[C@H](c4ccccc4OC)N23)CC1. The first-order valence-electron chi connectivity index (χ1n) is 14.1. The van der Waals surface area contributed by atoms with Gasteiger partial charge in [-0.1, -0.05) is 60.3 Å². The average molecular weight is 590 g/mol. The molecular formula is C32H35N3O6S. The zero-order chi connectivity index (χ0) is 29.6. The van der Waals surface area contributed by atoms with Crippen molar-refractivity contribution >= 4 is 34.8 Å². The van der Waals surface area contributed by atoms with Crippen LogP contribution in [0.15, 0.2) is 82.0 Å². The number of para-hydroxylation sites is 1. The molecule has 220 valence electrons. The molecule has 0 radical (unpaired) electrons. The topological polar surface area (TPSA) is 97.7 Å². The van der Waals surface area contributed by atoms with E-state index in [4.69, 9.17) is 19.2 Å². The number of rotatable bonds is 9. The first-order chi connectivity index (χ1) is 20.4. The number of carbonyl (C=O) groups is 3. The zero-order valence-electron chi connectivity index (χ0n) is 24.1. The van der Waals surface area contributed by atoms with Gasteiger partial charge < -0.3 is 24.0 Å².